The van der Waals surface area contributed by atoms with E-state index in [9.17, 15) is 9.59 Å². The zero-order valence-corrected chi connectivity index (χ0v) is 13.0. The minimum Gasteiger partial charge on any atom is -0.370 e. The average Bonchev–Trinajstić information content (AvgIpc) is 2.53. The Morgan fingerprint density at radius 3 is 2.27 bits per heavy atom. The highest BCUT2D eigenvalue weighted by atomic mass is 16.2. The highest BCUT2D eigenvalue weighted by Gasteiger charge is 2.22. The quantitative estimate of drug-likeness (QED) is 0.862. The standard InChI is InChI=1S/C18H20N2O2/c1-13(21)15-10-7-11-16(12-15)19-17(18(22)20(2)3)14-8-5-4-6-9-14/h4-12,17,19H,1-3H3/t17-/m0/s1. The maximum absolute atomic E-state index is 12.5. The zero-order valence-electron chi connectivity index (χ0n) is 13.0. The summed E-state index contributed by atoms with van der Waals surface area (Å²) < 4.78 is 0. The molecule has 0 fully saturated rings. The van der Waals surface area contributed by atoms with Gasteiger partial charge in [0, 0.05) is 25.3 Å². The number of rotatable bonds is 5. The van der Waals surface area contributed by atoms with Gasteiger partial charge in [0.15, 0.2) is 5.78 Å². The van der Waals surface area contributed by atoms with Gasteiger partial charge in [-0.05, 0) is 24.6 Å². The molecule has 0 heterocycles. The van der Waals surface area contributed by atoms with Gasteiger partial charge >= 0.3 is 0 Å². The van der Waals surface area contributed by atoms with Crippen molar-refractivity contribution in [2.45, 2.75) is 13.0 Å². The number of carbonyl (C=O) groups is 2. The summed E-state index contributed by atoms with van der Waals surface area (Å²) in [5, 5.41) is 3.23. The summed E-state index contributed by atoms with van der Waals surface area (Å²) in [6.07, 6.45) is 0. The lowest BCUT2D eigenvalue weighted by molar-refractivity contribution is -0.129. The van der Waals surface area contributed by atoms with Gasteiger partial charge in [0.1, 0.15) is 6.04 Å². The Bertz CT molecular complexity index is 666. The highest BCUT2D eigenvalue weighted by molar-refractivity contribution is 5.95. The second kappa shape index (κ2) is 6.89. The SMILES string of the molecule is CC(=O)c1cccc(N[C@H](C(=O)N(C)C)c2ccccc2)c1. The lowest BCUT2D eigenvalue weighted by Gasteiger charge is -2.23. The Morgan fingerprint density at radius 2 is 1.68 bits per heavy atom. The number of nitrogens with one attached hydrogen (secondary N) is 1. The van der Waals surface area contributed by atoms with Crippen LogP contribution in [0.25, 0.3) is 0 Å². The van der Waals surface area contributed by atoms with Crippen molar-refractivity contribution >= 4 is 17.4 Å². The topological polar surface area (TPSA) is 49.4 Å². The summed E-state index contributed by atoms with van der Waals surface area (Å²) in [4.78, 5) is 25.5. The van der Waals surface area contributed by atoms with Crippen LogP contribution < -0.4 is 5.32 Å². The second-order valence-electron chi connectivity index (χ2n) is 5.36. The fourth-order valence-corrected chi connectivity index (χ4v) is 2.19. The third kappa shape index (κ3) is 3.73. The fraction of sp³-hybridized carbons (Fsp3) is 0.222. The molecule has 1 amide bonds. The van der Waals surface area contributed by atoms with Gasteiger partial charge in [-0.25, -0.2) is 0 Å². The number of nitrogens with zero attached hydrogens (tertiary/aromatic N) is 1. The highest BCUT2D eigenvalue weighted by Crippen LogP contribution is 2.22. The molecule has 0 spiro atoms. The maximum Gasteiger partial charge on any atom is 0.249 e. The minimum absolute atomic E-state index is 0.00107. The van der Waals surface area contributed by atoms with Gasteiger partial charge in [-0.3, -0.25) is 9.59 Å². The van der Waals surface area contributed by atoms with Crippen LogP contribution in [0.2, 0.25) is 0 Å². The van der Waals surface area contributed by atoms with Crippen LogP contribution >= 0.6 is 0 Å². The molecule has 0 saturated carbocycles. The molecule has 0 aromatic heterocycles. The predicted octanol–water partition coefficient (Wildman–Crippen LogP) is 3.13. The van der Waals surface area contributed by atoms with E-state index >= 15 is 0 Å². The first-order valence-electron chi connectivity index (χ1n) is 7.12. The van der Waals surface area contributed by atoms with Gasteiger partial charge in [0.2, 0.25) is 5.91 Å². The third-order valence-corrected chi connectivity index (χ3v) is 3.40. The zero-order chi connectivity index (χ0) is 16.1. The summed E-state index contributed by atoms with van der Waals surface area (Å²) in [5.74, 6) is -0.0433. The van der Waals surface area contributed by atoms with Gasteiger partial charge in [0.05, 0.1) is 0 Å². The van der Waals surface area contributed by atoms with E-state index in [1.165, 1.54) is 6.92 Å². The van der Waals surface area contributed by atoms with Gasteiger partial charge in [0.25, 0.3) is 0 Å². The summed E-state index contributed by atoms with van der Waals surface area (Å²) >= 11 is 0. The van der Waals surface area contributed by atoms with Gasteiger partial charge < -0.3 is 10.2 Å². The molecule has 1 N–H and O–H groups in total. The molecular weight excluding hydrogens is 276 g/mol. The number of hydrogen-bond donors (Lipinski definition) is 1. The molecular formula is C18H20N2O2. The predicted molar refractivity (Wildman–Crippen MR) is 87.9 cm³/mol. The largest absolute Gasteiger partial charge is 0.370 e. The van der Waals surface area contributed by atoms with Crippen LogP contribution in [0.3, 0.4) is 0 Å². The van der Waals surface area contributed by atoms with Crippen molar-refractivity contribution in [3.8, 4) is 0 Å². The molecule has 22 heavy (non-hydrogen) atoms. The van der Waals surface area contributed by atoms with E-state index in [4.69, 9.17) is 0 Å². The third-order valence-electron chi connectivity index (χ3n) is 3.40. The minimum atomic E-state index is -0.488. The number of amides is 1. The average molecular weight is 296 g/mol. The number of anilines is 1. The van der Waals surface area contributed by atoms with Crippen LogP contribution in [-0.2, 0) is 4.79 Å². The van der Waals surface area contributed by atoms with Crippen molar-refractivity contribution in [3.63, 3.8) is 0 Å². The van der Waals surface area contributed by atoms with E-state index in [1.54, 1.807) is 37.2 Å². The normalized spacial score (nSPS) is 11.6. The number of likely N-dealkylation sites (N-methyl/N-ethyl adjacent to an activating group) is 1. The van der Waals surface area contributed by atoms with Crippen molar-refractivity contribution in [1.29, 1.82) is 0 Å². The lowest BCUT2D eigenvalue weighted by atomic mass is 10.0. The van der Waals surface area contributed by atoms with E-state index in [0.717, 1.165) is 11.3 Å². The smallest absolute Gasteiger partial charge is 0.249 e. The number of Topliss-reactive ketones (excluding diaryl/α,β-unsaturated/α-hetero) is 1. The van der Waals surface area contributed by atoms with Crippen LogP contribution in [0.15, 0.2) is 54.6 Å². The Labute approximate surface area is 130 Å². The molecule has 0 saturated heterocycles. The summed E-state index contributed by atoms with van der Waals surface area (Å²) in [6, 6.07) is 16.2. The molecule has 2 aromatic carbocycles. The van der Waals surface area contributed by atoms with Crippen molar-refractivity contribution in [2.24, 2.45) is 0 Å². The molecule has 4 heteroatoms. The fourth-order valence-electron chi connectivity index (χ4n) is 2.19. The molecule has 0 bridgehead atoms. The second-order valence-corrected chi connectivity index (χ2v) is 5.36. The summed E-state index contributed by atoms with van der Waals surface area (Å²) in [7, 11) is 3.46. The lowest BCUT2D eigenvalue weighted by Crippen LogP contribution is -2.32. The van der Waals surface area contributed by atoms with E-state index < -0.39 is 6.04 Å². The Kier molecular flexibility index (Phi) is 4.94. The van der Waals surface area contributed by atoms with E-state index in [1.807, 2.05) is 36.4 Å². The van der Waals surface area contributed by atoms with E-state index in [0.29, 0.717) is 5.56 Å². The first-order chi connectivity index (χ1) is 10.5. The molecule has 2 rings (SSSR count). The van der Waals surface area contributed by atoms with Crippen molar-refractivity contribution in [1.82, 2.24) is 4.90 Å². The Balaban J connectivity index is 2.33. The van der Waals surface area contributed by atoms with Crippen LogP contribution in [0.1, 0.15) is 28.9 Å². The van der Waals surface area contributed by atoms with Crippen LogP contribution in [0.4, 0.5) is 5.69 Å². The van der Waals surface area contributed by atoms with E-state index in [2.05, 4.69) is 5.32 Å². The van der Waals surface area contributed by atoms with Gasteiger partial charge in [-0.15, -0.1) is 0 Å². The van der Waals surface area contributed by atoms with Crippen molar-refractivity contribution < 1.29 is 9.59 Å². The molecule has 0 unspecified atom stereocenters. The van der Waals surface area contributed by atoms with Crippen molar-refractivity contribution in [3.05, 3.63) is 65.7 Å². The monoisotopic (exact) mass is 296 g/mol. The molecule has 1 atom stereocenters. The van der Waals surface area contributed by atoms with E-state index in [-0.39, 0.29) is 11.7 Å². The number of benzene rings is 2. The maximum atomic E-state index is 12.5. The van der Waals surface area contributed by atoms with Crippen LogP contribution in [0, 0.1) is 0 Å². The molecule has 4 nitrogen and oxygen atoms in total. The van der Waals surface area contributed by atoms with Crippen LogP contribution in [-0.4, -0.2) is 30.7 Å². The number of carbonyl (C=O) groups excluding carboxylic acids is 2. The Morgan fingerprint density at radius 1 is 1.00 bits per heavy atom. The molecule has 0 aliphatic heterocycles. The van der Waals surface area contributed by atoms with Gasteiger partial charge in [-0.1, -0.05) is 42.5 Å². The van der Waals surface area contributed by atoms with Crippen molar-refractivity contribution in [2.75, 3.05) is 19.4 Å². The molecule has 114 valence electrons. The molecule has 0 aliphatic rings. The molecule has 2 aromatic rings. The van der Waals surface area contributed by atoms with Gasteiger partial charge in [-0.2, -0.15) is 0 Å². The first kappa shape index (κ1) is 15.8. The summed E-state index contributed by atoms with van der Waals surface area (Å²) in [5.41, 5.74) is 2.25. The number of hydrogen-bond acceptors (Lipinski definition) is 3. The van der Waals surface area contributed by atoms with Crippen LogP contribution in [0.5, 0.6) is 0 Å². The summed E-state index contributed by atoms with van der Waals surface area (Å²) in [6.45, 7) is 1.53. The number of ketones is 1. The molecule has 0 aliphatic carbocycles. The first-order valence-corrected chi connectivity index (χ1v) is 7.12. The molecule has 0 radical (unpaired) electrons. The Hall–Kier alpha value is -2.62.